The molecule has 0 saturated heterocycles. The Balaban J connectivity index is 2.27. The molecule has 0 N–H and O–H groups in total. The molecule has 0 aliphatic carbocycles. The molecule has 0 amide bonds. The maximum Gasteiger partial charge on any atom is 0.264 e. The smallest absolute Gasteiger partial charge is 0.264 e. The van der Waals surface area contributed by atoms with E-state index < -0.39 is 10.0 Å². The molecule has 24 heavy (non-hydrogen) atoms. The second-order valence-corrected chi connectivity index (χ2v) is 7.36. The minimum absolute atomic E-state index is 0.199. The van der Waals surface area contributed by atoms with Crippen LogP contribution < -0.4 is 9.04 Å². The topological polar surface area (TPSA) is 55.8 Å². The highest BCUT2D eigenvalue weighted by Gasteiger charge is 2.27. The van der Waals surface area contributed by atoms with Gasteiger partial charge in [-0.1, -0.05) is 18.2 Å². The molecule has 0 heterocycles. The Labute approximate surface area is 143 Å². The first-order valence-electron chi connectivity index (χ1n) is 7.78. The Morgan fingerprint density at radius 3 is 2.12 bits per heavy atom. The van der Waals surface area contributed by atoms with E-state index in [-0.39, 0.29) is 10.9 Å². The summed E-state index contributed by atoms with van der Waals surface area (Å²) in [5.74, 6) is 0.613. The summed E-state index contributed by atoms with van der Waals surface area (Å²) in [4.78, 5) is 0.235. The van der Waals surface area contributed by atoms with Crippen molar-refractivity contribution in [1.82, 2.24) is 0 Å². The number of nitrogens with zero attached hydrogens (tertiary/aromatic N) is 1. The second-order valence-electron chi connectivity index (χ2n) is 5.54. The summed E-state index contributed by atoms with van der Waals surface area (Å²) in [6, 6.07) is 15.3. The largest absolute Gasteiger partial charge is 0.491 e. The highest BCUT2D eigenvalue weighted by molar-refractivity contribution is 7.92. The predicted molar refractivity (Wildman–Crippen MR) is 95.1 cm³/mol. The lowest BCUT2D eigenvalue weighted by Crippen LogP contribution is -2.36. The summed E-state index contributed by atoms with van der Waals surface area (Å²) in [5.41, 5.74) is 0.646. The molecule has 0 unspecified atom stereocenters. The van der Waals surface area contributed by atoms with Crippen LogP contribution in [0.15, 0.2) is 59.5 Å². The maximum absolute atomic E-state index is 13.0. The van der Waals surface area contributed by atoms with Gasteiger partial charge in [0.15, 0.2) is 0 Å². The van der Waals surface area contributed by atoms with E-state index in [0.717, 1.165) is 0 Å². The molecular weight excluding hydrogens is 326 g/mol. The normalized spacial score (nSPS) is 11.5. The standard InChI is InChI=1S/C18H23NO4S/c1-15(2)19(16-7-5-4-6-8-16)24(20,21)18-11-9-17(10-12-18)23-14-13-22-3/h4-12,15H,13-14H2,1-3H3. The predicted octanol–water partition coefficient (Wildman–Crippen LogP) is 3.32. The van der Waals surface area contributed by atoms with Gasteiger partial charge in [0.1, 0.15) is 12.4 Å². The van der Waals surface area contributed by atoms with Gasteiger partial charge >= 0.3 is 0 Å². The van der Waals surface area contributed by atoms with Crippen LogP contribution in [0.3, 0.4) is 0 Å². The van der Waals surface area contributed by atoms with Crippen LogP contribution in [0.4, 0.5) is 5.69 Å². The zero-order valence-corrected chi connectivity index (χ0v) is 15.0. The van der Waals surface area contributed by atoms with E-state index in [4.69, 9.17) is 9.47 Å². The number of para-hydroxylation sites is 1. The fraction of sp³-hybridized carbons (Fsp3) is 0.333. The van der Waals surface area contributed by atoms with Gasteiger partial charge in [0, 0.05) is 13.2 Å². The van der Waals surface area contributed by atoms with Crippen molar-refractivity contribution in [3.8, 4) is 5.75 Å². The van der Waals surface area contributed by atoms with Crippen LogP contribution in [0, 0.1) is 0 Å². The van der Waals surface area contributed by atoms with Crippen molar-refractivity contribution in [2.45, 2.75) is 24.8 Å². The van der Waals surface area contributed by atoms with E-state index in [1.165, 1.54) is 4.31 Å². The number of benzene rings is 2. The van der Waals surface area contributed by atoms with Gasteiger partial charge in [-0.15, -0.1) is 0 Å². The monoisotopic (exact) mass is 349 g/mol. The quantitative estimate of drug-likeness (QED) is 0.686. The molecule has 2 aromatic rings. The second kappa shape index (κ2) is 8.17. The van der Waals surface area contributed by atoms with E-state index in [2.05, 4.69) is 0 Å². The Kier molecular flexibility index (Phi) is 6.23. The van der Waals surface area contributed by atoms with Crippen LogP contribution in [0.2, 0.25) is 0 Å². The molecule has 0 aliphatic rings. The molecule has 0 fully saturated rings. The van der Waals surface area contributed by atoms with E-state index in [1.54, 1.807) is 43.5 Å². The molecule has 0 spiro atoms. The van der Waals surface area contributed by atoms with Gasteiger partial charge in [-0.3, -0.25) is 4.31 Å². The van der Waals surface area contributed by atoms with E-state index in [1.807, 2.05) is 32.0 Å². The first-order valence-corrected chi connectivity index (χ1v) is 9.22. The molecule has 0 saturated carbocycles. The third-order valence-electron chi connectivity index (χ3n) is 3.42. The van der Waals surface area contributed by atoms with Crippen LogP contribution >= 0.6 is 0 Å². The molecule has 5 nitrogen and oxygen atoms in total. The number of rotatable bonds is 8. The highest BCUT2D eigenvalue weighted by Crippen LogP contribution is 2.27. The SMILES string of the molecule is COCCOc1ccc(S(=O)(=O)N(c2ccccc2)C(C)C)cc1. The molecule has 0 bridgehead atoms. The Hall–Kier alpha value is -2.05. The van der Waals surface area contributed by atoms with Crippen molar-refractivity contribution >= 4 is 15.7 Å². The number of anilines is 1. The summed E-state index contributed by atoms with van der Waals surface area (Å²) in [7, 11) is -2.04. The molecule has 2 rings (SSSR count). The first kappa shape index (κ1) is 18.3. The average molecular weight is 349 g/mol. The molecule has 6 heteroatoms. The zero-order chi connectivity index (χ0) is 17.6. The first-order chi connectivity index (χ1) is 11.5. The van der Waals surface area contributed by atoms with Crippen LogP contribution in [-0.2, 0) is 14.8 Å². The summed E-state index contributed by atoms with van der Waals surface area (Å²) in [6.45, 7) is 4.61. The van der Waals surface area contributed by atoms with Crippen molar-refractivity contribution in [3.63, 3.8) is 0 Å². The molecule has 2 aromatic carbocycles. The number of hydrogen-bond donors (Lipinski definition) is 0. The fourth-order valence-corrected chi connectivity index (χ4v) is 4.02. The third kappa shape index (κ3) is 4.27. The van der Waals surface area contributed by atoms with Gasteiger partial charge < -0.3 is 9.47 Å². The fourth-order valence-electron chi connectivity index (χ4n) is 2.35. The van der Waals surface area contributed by atoms with Crippen molar-refractivity contribution in [2.75, 3.05) is 24.6 Å². The van der Waals surface area contributed by atoms with Crippen molar-refractivity contribution < 1.29 is 17.9 Å². The molecule has 0 atom stereocenters. The Morgan fingerprint density at radius 2 is 1.58 bits per heavy atom. The molecule has 0 aromatic heterocycles. The molecular formula is C18H23NO4S. The molecule has 130 valence electrons. The van der Waals surface area contributed by atoms with Crippen molar-refractivity contribution in [1.29, 1.82) is 0 Å². The molecule has 0 aliphatic heterocycles. The van der Waals surface area contributed by atoms with Crippen LogP contribution in [0.25, 0.3) is 0 Å². The average Bonchev–Trinajstić information content (AvgIpc) is 2.56. The Bertz CT molecular complexity index is 727. The van der Waals surface area contributed by atoms with Crippen molar-refractivity contribution in [2.24, 2.45) is 0 Å². The van der Waals surface area contributed by atoms with Gasteiger partial charge in [0.2, 0.25) is 0 Å². The van der Waals surface area contributed by atoms with E-state index in [9.17, 15) is 8.42 Å². The Morgan fingerprint density at radius 1 is 0.958 bits per heavy atom. The summed E-state index contributed by atoms with van der Waals surface area (Å²) in [5, 5.41) is 0. The lowest BCUT2D eigenvalue weighted by atomic mass is 10.3. The van der Waals surface area contributed by atoms with Crippen LogP contribution in [-0.4, -0.2) is 34.8 Å². The van der Waals surface area contributed by atoms with E-state index in [0.29, 0.717) is 24.7 Å². The van der Waals surface area contributed by atoms with Crippen molar-refractivity contribution in [3.05, 3.63) is 54.6 Å². The zero-order valence-electron chi connectivity index (χ0n) is 14.2. The van der Waals surface area contributed by atoms with Crippen LogP contribution in [0.1, 0.15) is 13.8 Å². The molecule has 0 radical (unpaired) electrons. The van der Waals surface area contributed by atoms with E-state index >= 15 is 0 Å². The minimum Gasteiger partial charge on any atom is -0.491 e. The lowest BCUT2D eigenvalue weighted by molar-refractivity contribution is 0.146. The number of hydrogen-bond acceptors (Lipinski definition) is 4. The maximum atomic E-state index is 13.0. The highest BCUT2D eigenvalue weighted by atomic mass is 32.2. The van der Waals surface area contributed by atoms with Crippen LogP contribution in [0.5, 0.6) is 5.75 Å². The van der Waals surface area contributed by atoms with Gasteiger partial charge in [0.05, 0.1) is 17.2 Å². The summed E-state index contributed by atoms with van der Waals surface area (Å²) >= 11 is 0. The number of methoxy groups -OCH3 is 1. The van der Waals surface area contributed by atoms with Gasteiger partial charge in [-0.25, -0.2) is 8.42 Å². The number of sulfonamides is 1. The number of ether oxygens (including phenoxy) is 2. The summed E-state index contributed by atoms with van der Waals surface area (Å²) < 4.78 is 37.8. The van der Waals surface area contributed by atoms with Gasteiger partial charge in [-0.05, 0) is 50.2 Å². The third-order valence-corrected chi connectivity index (χ3v) is 5.43. The lowest BCUT2D eigenvalue weighted by Gasteiger charge is -2.28. The summed E-state index contributed by atoms with van der Waals surface area (Å²) in [6.07, 6.45) is 0. The van der Waals surface area contributed by atoms with Gasteiger partial charge in [0.25, 0.3) is 10.0 Å². The minimum atomic E-state index is -3.64. The van der Waals surface area contributed by atoms with Gasteiger partial charge in [-0.2, -0.15) is 0 Å².